The highest BCUT2D eigenvalue weighted by Gasteiger charge is 2.34. The van der Waals surface area contributed by atoms with Gasteiger partial charge in [0.25, 0.3) is 0 Å². The number of benzene rings is 2. The standard InChI is InChI=1S/C24H23NO5S/c1-13(2)30-17-10-9-15(11-18(17)29-3)16-12-19(26)25-21-20(14-7-5-4-6-8-14)23(24(27)28)31-22(16)21/h4-11,13,16H,12H2,1-3H3,(H,25,26)(H,27,28)/t16-/m1/s1. The lowest BCUT2D eigenvalue weighted by atomic mass is 9.88. The predicted molar refractivity (Wildman–Crippen MR) is 121 cm³/mol. The van der Waals surface area contributed by atoms with Gasteiger partial charge in [0, 0.05) is 22.8 Å². The van der Waals surface area contributed by atoms with Crippen LogP contribution in [0.5, 0.6) is 11.5 Å². The molecule has 2 N–H and O–H groups in total. The minimum atomic E-state index is -1.01. The van der Waals surface area contributed by atoms with Gasteiger partial charge in [0.1, 0.15) is 4.88 Å². The molecular weight excluding hydrogens is 414 g/mol. The quantitative estimate of drug-likeness (QED) is 0.541. The molecule has 0 fully saturated rings. The Morgan fingerprint density at radius 3 is 2.55 bits per heavy atom. The van der Waals surface area contributed by atoms with Gasteiger partial charge in [0.15, 0.2) is 11.5 Å². The molecule has 160 valence electrons. The Balaban J connectivity index is 1.85. The van der Waals surface area contributed by atoms with E-state index in [4.69, 9.17) is 9.47 Å². The average Bonchev–Trinajstić information content (AvgIpc) is 3.13. The van der Waals surface area contributed by atoms with Crippen molar-refractivity contribution in [2.45, 2.75) is 32.3 Å². The zero-order valence-corrected chi connectivity index (χ0v) is 18.3. The minimum Gasteiger partial charge on any atom is -0.493 e. The SMILES string of the molecule is COc1cc([C@H]2CC(=O)Nc3c2sc(C(=O)O)c3-c2ccccc2)ccc1OC(C)C. The number of hydrogen-bond acceptors (Lipinski definition) is 5. The molecule has 0 spiro atoms. The monoisotopic (exact) mass is 437 g/mol. The Kier molecular flexibility index (Phi) is 5.69. The van der Waals surface area contributed by atoms with E-state index in [2.05, 4.69) is 5.32 Å². The van der Waals surface area contributed by atoms with Crippen molar-refractivity contribution < 1.29 is 24.2 Å². The van der Waals surface area contributed by atoms with Gasteiger partial charge in [0.2, 0.25) is 5.91 Å². The second-order valence-electron chi connectivity index (χ2n) is 7.60. The van der Waals surface area contributed by atoms with E-state index in [-0.39, 0.29) is 29.2 Å². The lowest BCUT2D eigenvalue weighted by molar-refractivity contribution is -0.116. The minimum absolute atomic E-state index is 0.00402. The summed E-state index contributed by atoms with van der Waals surface area (Å²) in [6.07, 6.45) is 0.226. The third-order valence-electron chi connectivity index (χ3n) is 5.12. The van der Waals surface area contributed by atoms with Crippen LogP contribution in [0.3, 0.4) is 0 Å². The smallest absolute Gasteiger partial charge is 0.346 e. The molecule has 0 radical (unpaired) electrons. The molecule has 1 aliphatic rings. The van der Waals surface area contributed by atoms with Crippen LogP contribution in [0.1, 0.15) is 46.3 Å². The first-order chi connectivity index (χ1) is 14.9. The van der Waals surface area contributed by atoms with Gasteiger partial charge < -0.3 is 19.9 Å². The largest absolute Gasteiger partial charge is 0.493 e. The van der Waals surface area contributed by atoms with Crippen LogP contribution in [0.2, 0.25) is 0 Å². The van der Waals surface area contributed by atoms with Gasteiger partial charge >= 0.3 is 5.97 Å². The summed E-state index contributed by atoms with van der Waals surface area (Å²) in [4.78, 5) is 25.7. The summed E-state index contributed by atoms with van der Waals surface area (Å²) in [6, 6.07) is 14.9. The van der Waals surface area contributed by atoms with E-state index in [1.807, 2.05) is 62.4 Å². The van der Waals surface area contributed by atoms with Crippen molar-refractivity contribution in [3.8, 4) is 22.6 Å². The molecule has 0 aliphatic carbocycles. The molecular formula is C24H23NO5S. The summed E-state index contributed by atoms with van der Waals surface area (Å²) in [6.45, 7) is 3.88. The number of rotatable bonds is 6. The highest BCUT2D eigenvalue weighted by atomic mass is 32.1. The van der Waals surface area contributed by atoms with Gasteiger partial charge in [-0.25, -0.2) is 4.79 Å². The number of thiophene rings is 1. The van der Waals surface area contributed by atoms with Crippen molar-refractivity contribution in [1.82, 2.24) is 0 Å². The molecule has 1 aromatic heterocycles. The van der Waals surface area contributed by atoms with E-state index in [0.717, 1.165) is 16.0 Å². The molecule has 0 unspecified atom stereocenters. The van der Waals surface area contributed by atoms with E-state index >= 15 is 0 Å². The maximum atomic E-state index is 12.6. The van der Waals surface area contributed by atoms with Crippen molar-refractivity contribution in [2.24, 2.45) is 0 Å². The third kappa shape index (κ3) is 4.01. The van der Waals surface area contributed by atoms with E-state index in [9.17, 15) is 14.7 Å². The van der Waals surface area contributed by atoms with Gasteiger partial charge in [-0.15, -0.1) is 11.3 Å². The summed E-state index contributed by atoms with van der Waals surface area (Å²) in [5.41, 5.74) is 2.77. The summed E-state index contributed by atoms with van der Waals surface area (Å²) in [5.74, 6) is -0.220. The Hall–Kier alpha value is -3.32. The predicted octanol–water partition coefficient (Wildman–Crippen LogP) is 5.38. The topological polar surface area (TPSA) is 84.9 Å². The summed E-state index contributed by atoms with van der Waals surface area (Å²) >= 11 is 1.21. The first kappa shape index (κ1) is 20.9. The molecule has 0 saturated heterocycles. The van der Waals surface area contributed by atoms with Crippen LogP contribution >= 0.6 is 11.3 Å². The van der Waals surface area contributed by atoms with Crippen molar-refractivity contribution in [1.29, 1.82) is 0 Å². The fourth-order valence-electron chi connectivity index (χ4n) is 3.84. The second kappa shape index (κ2) is 8.43. The Morgan fingerprint density at radius 2 is 1.90 bits per heavy atom. The van der Waals surface area contributed by atoms with E-state index < -0.39 is 5.97 Å². The van der Waals surface area contributed by atoms with Crippen molar-refractivity contribution in [2.75, 3.05) is 12.4 Å². The van der Waals surface area contributed by atoms with Crippen molar-refractivity contribution in [3.05, 3.63) is 63.8 Å². The van der Waals surface area contributed by atoms with Crippen LogP contribution in [-0.4, -0.2) is 30.2 Å². The number of nitrogens with one attached hydrogen (secondary N) is 1. The number of hydrogen-bond donors (Lipinski definition) is 2. The summed E-state index contributed by atoms with van der Waals surface area (Å²) in [7, 11) is 1.58. The van der Waals surface area contributed by atoms with Gasteiger partial charge in [-0.05, 0) is 37.1 Å². The van der Waals surface area contributed by atoms with Crippen molar-refractivity contribution >= 4 is 28.9 Å². The molecule has 3 aromatic rings. The fourth-order valence-corrected chi connectivity index (χ4v) is 5.09. The number of carboxylic acids is 1. The molecule has 0 saturated carbocycles. The zero-order chi connectivity index (χ0) is 22.1. The number of anilines is 1. The van der Waals surface area contributed by atoms with Gasteiger partial charge in [-0.3, -0.25) is 4.79 Å². The number of ether oxygens (including phenoxy) is 2. The first-order valence-electron chi connectivity index (χ1n) is 9.98. The fraction of sp³-hybridized carbons (Fsp3) is 0.250. The number of carbonyl (C=O) groups excluding carboxylic acids is 1. The maximum absolute atomic E-state index is 12.6. The average molecular weight is 438 g/mol. The van der Waals surface area contributed by atoms with Crippen LogP contribution in [0.4, 0.5) is 5.69 Å². The van der Waals surface area contributed by atoms with Crippen molar-refractivity contribution in [3.63, 3.8) is 0 Å². The molecule has 1 atom stereocenters. The van der Waals surface area contributed by atoms with Crippen LogP contribution in [0, 0.1) is 0 Å². The van der Waals surface area contributed by atoms with Gasteiger partial charge in [0.05, 0.1) is 18.9 Å². The van der Waals surface area contributed by atoms with Crippen LogP contribution in [0.15, 0.2) is 48.5 Å². The molecule has 7 heteroatoms. The Labute approximate surface area is 184 Å². The summed E-state index contributed by atoms with van der Waals surface area (Å²) < 4.78 is 11.3. The van der Waals surface area contributed by atoms with E-state index in [0.29, 0.717) is 22.7 Å². The molecule has 2 aromatic carbocycles. The molecule has 6 nitrogen and oxygen atoms in total. The van der Waals surface area contributed by atoms with Gasteiger partial charge in [-0.1, -0.05) is 36.4 Å². The van der Waals surface area contributed by atoms with E-state index in [1.165, 1.54) is 11.3 Å². The lowest BCUT2D eigenvalue weighted by Crippen LogP contribution is -2.22. The highest BCUT2D eigenvalue weighted by molar-refractivity contribution is 7.15. The van der Waals surface area contributed by atoms with Crippen LogP contribution < -0.4 is 14.8 Å². The van der Waals surface area contributed by atoms with Gasteiger partial charge in [-0.2, -0.15) is 0 Å². The number of carbonyl (C=O) groups is 2. The molecule has 0 bridgehead atoms. The summed E-state index contributed by atoms with van der Waals surface area (Å²) in [5, 5.41) is 12.8. The lowest BCUT2D eigenvalue weighted by Gasteiger charge is -2.25. The molecule has 31 heavy (non-hydrogen) atoms. The Morgan fingerprint density at radius 1 is 1.16 bits per heavy atom. The highest BCUT2D eigenvalue weighted by Crippen LogP contribution is 2.50. The zero-order valence-electron chi connectivity index (χ0n) is 17.5. The first-order valence-corrected chi connectivity index (χ1v) is 10.8. The number of amides is 1. The van der Waals surface area contributed by atoms with Crippen LogP contribution in [-0.2, 0) is 4.79 Å². The number of carboxylic acid groups (broad SMARTS) is 1. The Bertz CT molecular complexity index is 1140. The second-order valence-corrected chi connectivity index (χ2v) is 8.65. The molecule has 4 rings (SSSR count). The third-order valence-corrected chi connectivity index (χ3v) is 6.41. The number of methoxy groups -OCH3 is 1. The normalized spacial score (nSPS) is 15.4. The molecule has 1 amide bonds. The van der Waals surface area contributed by atoms with E-state index in [1.54, 1.807) is 7.11 Å². The molecule has 1 aliphatic heterocycles. The van der Waals surface area contributed by atoms with Crippen LogP contribution in [0.25, 0.3) is 11.1 Å². The number of fused-ring (bicyclic) bond motifs is 1. The molecule has 2 heterocycles. The number of aromatic carboxylic acids is 1. The maximum Gasteiger partial charge on any atom is 0.346 e.